The molecule has 0 fully saturated rings. The van der Waals surface area contributed by atoms with Gasteiger partial charge in [-0.25, -0.2) is 8.42 Å². The van der Waals surface area contributed by atoms with Crippen molar-refractivity contribution in [1.29, 1.82) is 0 Å². The Balaban J connectivity index is 1.60. The summed E-state index contributed by atoms with van der Waals surface area (Å²) in [7, 11) is -2.45. The van der Waals surface area contributed by atoms with Crippen molar-refractivity contribution in [3.63, 3.8) is 0 Å². The summed E-state index contributed by atoms with van der Waals surface area (Å²) in [6.45, 7) is 0.0887. The second kappa shape index (κ2) is 9.03. The highest BCUT2D eigenvalue weighted by atomic mass is 32.2. The van der Waals surface area contributed by atoms with E-state index in [4.69, 9.17) is 4.74 Å². The summed E-state index contributed by atoms with van der Waals surface area (Å²) in [4.78, 5) is 28.9. The zero-order valence-corrected chi connectivity index (χ0v) is 17.1. The number of Topliss-reactive ketones (excluding diaryl/α,β-unsaturated/α-hetero) is 1. The lowest BCUT2D eigenvalue weighted by molar-refractivity contribution is -0.118. The lowest BCUT2D eigenvalue weighted by Gasteiger charge is -2.20. The van der Waals surface area contributed by atoms with Crippen LogP contribution in [0.5, 0.6) is 5.75 Å². The Labute approximate surface area is 172 Å². The molecule has 10 heteroatoms. The monoisotopic (exact) mass is 433 g/mol. The lowest BCUT2D eigenvalue weighted by atomic mass is 10.1. The molecule has 1 aliphatic rings. The molecule has 2 heterocycles. The number of nitrogens with one attached hydrogen (secondary N) is 2. The summed E-state index contributed by atoms with van der Waals surface area (Å²) >= 11 is 1.35. The zero-order chi connectivity index (χ0) is 20.9. The lowest BCUT2D eigenvalue weighted by Crippen LogP contribution is -2.42. The van der Waals surface area contributed by atoms with Crippen LogP contribution in [0.1, 0.15) is 16.1 Å². The van der Waals surface area contributed by atoms with Gasteiger partial charge in [-0.05, 0) is 42.1 Å². The Hall–Kier alpha value is -2.95. The van der Waals surface area contributed by atoms with E-state index in [0.29, 0.717) is 22.6 Å². The summed E-state index contributed by atoms with van der Waals surface area (Å²) in [5, 5.41) is 1.82. The number of ether oxygens (including phenoxy) is 1. The Kier molecular flexibility index (Phi) is 6.47. The van der Waals surface area contributed by atoms with E-state index in [2.05, 4.69) is 10.3 Å². The Morgan fingerprint density at radius 2 is 1.97 bits per heavy atom. The highest BCUT2D eigenvalue weighted by Crippen LogP contribution is 2.16. The highest BCUT2D eigenvalue weighted by molar-refractivity contribution is 7.89. The van der Waals surface area contributed by atoms with Gasteiger partial charge >= 0.3 is 0 Å². The number of hydrazine groups is 1. The minimum atomic E-state index is -3.93. The van der Waals surface area contributed by atoms with Crippen LogP contribution in [0, 0.1) is 0 Å². The van der Waals surface area contributed by atoms with Gasteiger partial charge in [0, 0.05) is 18.0 Å². The number of hydrogen-bond donors (Lipinski definition) is 2. The molecular formula is C19H19N3O5S2. The van der Waals surface area contributed by atoms with Gasteiger partial charge in [0.25, 0.3) is 15.9 Å². The van der Waals surface area contributed by atoms with Gasteiger partial charge in [0.2, 0.25) is 0 Å². The van der Waals surface area contributed by atoms with Crippen molar-refractivity contribution in [3.8, 4) is 5.75 Å². The van der Waals surface area contributed by atoms with Gasteiger partial charge in [-0.2, -0.15) is 0 Å². The molecule has 1 aliphatic heterocycles. The minimum absolute atomic E-state index is 0.0145. The van der Waals surface area contributed by atoms with E-state index in [-0.39, 0.29) is 17.2 Å². The standard InChI is InChI=1S/C19H19N3O5S2/c1-27-15-6-8-16(9-7-15)29(25,26)21-20-19(24)14-4-2-10-22(12-14)13-17(23)18-5-3-11-28-18/h2-3,5-12,21H,4,13H2,1H3,(H,20,24). The summed E-state index contributed by atoms with van der Waals surface area (Å²) in [6.07, 6.45) is 5.29. The second-order valence-corrected chi connectivity index (χ2v) is 8.68. The second-order valence-electron chi connectivity index (χ2n) is 6.05. The molecule has 152 valence electrons. The zero-order valence-electron chi connectivity index (χ0n) is 15.5. The van der Waals surface area contributed by atoms with E-state index in [0.717, 1.165) is 0 Å². The first-order valence-corrected chi connectivity index (χ1v) is 10.9. The van der Waals surface area contributed by atoms with Crippen molar-refractivity contribution < 1.29 is 22.7 Å². The molecule has 0 aliphatic carbocycles. The molecule has 0 saturated carbocycles. The van der Waals surface area contributed by atoms with Crippen LogP contribution in [-0.2, 0) is 14.8 Å². The number of nitrogens with zero attached hydrogens (tertiary/aromatic N) is 1. The van der Waals surface area contributed by atoms with Crippen molar-refractivity contribution in [1.82, 2.24) is 15.2 Å². The molecule has 0 radical (unpaired) electrons. The topological polar surface area (TPSA) is 105 Å². The molecule has 0 saturated heterocycles. The number of rotatable bonds is 8. The number of ketones is 1. The van der Waals surface area contributed by atoms with Gasteiger partial charge in [-0.1, -0.05) is 12.1 Å². The Morgan fingerprint density at radius 3 is 2.62 bits per heavy atom. The molecule has 0 unspecified atom stereocenters. The fourth-order valence-corrected chi connectivity index (χ4v) is 4.05. The van der Waals surface area contributed by atoms with E-state index in [1.54, 1.807) is 29.3 Å². The SMILES string of the molecule is COc1ccc(S(=O)(=O)NNC(=O)C2=CN(CC(=O)c3cccs3)C=CC2)cc1. The number of amides is 1. The summed E-state index contributed by atoms with van der Waals surface area (Å²) in [5.41, 5.74) is 2.52. The van der Waals surface area contributed by atoms with Crippen molar-refractivity contribution in [2.24, 2.45) is 0 Å². The van der Waals surface area contributed by atoms with Gasteiger partial charge in [0.1, 0.15) is 5.75 Å². The molecule has 1 aromatic heterocycles. The maximum Gasteiger partial charge on any atom is 0.263 e. The maximum absolute atomic E-state index is 12.4. The third-order valence-electron chi connectivity index (χ3n) is 4.04. The first kappa shape index (κ1) is 20.8. The maximum atomic E-state index is 12.4. The molecular weight excluding hydrogens is 414 g/mol. The van der Waals surface area contributed by atoms with Gasteiger partial charge < -0.3 is 9.64 Å². The van der Waals surface area contributed by atoms with Crippen LogP contribution in [-0.4, -0.2) is 38.7 Å². The predicted molar refractivity (Wildman–Crippen MR) is 109 cm³/mol. The number of methoxy groups -OCH3 is 1. The Morgan fingerprint density at radius 1 is 1.21 bits per heavy atom. The van der Waals surface area contributed by atoms with E-state index < -0.39 is 15.9 Å². The molecule has 2 N–H and O–H groups in total. The summed E-state index contributed by atoms with van der Waals surface area (Å²) < 4.78 is 29.6. The highest BCUT2D eigenvalue weighted by Gasteiger charge is 2.19. The summed E-state index contributed by atoms with van der Waals surface area (Å²) in [6, 6.07) is 9.29. The molecule has 0 spiro atoms. The van der Waals surface area contributed by atoms with Crippen molar-refractivity contribution in [2.45, 2.75) is 11.3 Å². The quantitative estimate of drug-likeness (QED) is 0.488. The predicted octanol–water partition coefficient (Wildman–Crippen LogP) is 2.05. The van der Waals surface area contributed by atoms with Crippen LogP contribution in [0.15, 0.2) is 70.7 Å². The molecule has 1 amide bonds. The van der Waals surface area contributed by atoms with E-state index in [1.165, 1.54) is 48.9 Å². The van der Waals surface area contributed by atoms with Gasteiger partial charge in [-0.15, -0.1) is 16.2 Å². The van der Waals surface area contributed by atoms with Gasteiger partial charge in [0.15, 0.2) is 5.78 Å². The average molecular weight is 434 g/mol. The largest absolute Gasteiger partial charge is 0.497 e. The van der Waals surface area contributed by atoms with Crippen molar-refractivity contribution in [2.75, 3.05) is 13.7 Å². The first-order valence-electron chi connectivity index (χ1n) is 8.55. The number of thiophene rings is 1. The van der Waals surface area contributed by atoms with Crippen LogP contribution in [0.3, 0.4) is 0 Å². The first-order chi connectivity index (χ1) is 13.9. The molecule has 0 atom stereocenters. The van der Waals surface area contributed by atoms with Gasteiger partial charge in [-0.3, -0.25) is 15.0 Å². The van der Waals surface area contributed by atoms with E-state index >= 15 is 0 Å². The minimum Gasteiger partial charge on any atom is -0.497 e. The van der Waals surface area contributed by atoms with E-state index in [9.17, 15) is 18.0 Å². The van der Waals surface area contributed by atoms with Crippen molar-refractivity contribution >= 4 is 33.1 Å². The normalized spacial score (nSPS) is 13.7. The molecule has 3 rings (SSSR count). The molecule has 0 bridgehead atoms. The Bertz CT molecular complexity index is 1040. The van der Waals surface area contributed by atoms with Crippen LogP contribution >= 0.6 is 11.3 Å². The van der Waals surface area contributed by atoms with Gasteiger partial charge in [0.05, 0.1) is 23.4 Å². The van der Waals surface area contributed by atoms with Crippen LogP contribution < -0.4 is 15.0 Å². The van der Waals surface area contributed by atoms with Crippen LogP contribution in [0.4, 0.5) is 0 Å². The number of sulfonamides is 1. The third-order valence-corrected chi connectivity index (χ3v) is 6.21. The molecule has 8 nitrogen and oxygen atoms in total. The molecule has 2 aromatic rings. The average Bonchev–Trinajstić information content (AvgIpc) is 3.27. The fraction of sp³-hybridized carbons (Fsp3) is 0.158. The van der Waals surface area contributed by atoms with Crippen LogP contribution in [0.25, 0.3) is 0 Å². The smallest absolute Gasteiger partial charge is 0.263 e. The molecule has 29 heavy (non-hydrogen) atoms. The number of carbonyl (C=O) groups excluding carboxylic acids is 2. The molecule has 1 aromatic carbocycles. The fourth-order valence-electron chi connectivity index (χ4n) is 2.55. The third kappa shape index (κ3) is 5.31. The summed E-state index contributed by atoms with van der Waals surface area (Å²) in [5.74, 6) is -0.146. The van der Waals surface area contributed by atoms with E-state index in [1.807, 2.05) is 5.38 Å². The number of benzene rings is 1. The number of carbonyl (C=O) groups is 2. The van der Waals surface area contributed by atoms with Crippen LogP contribution in [0.2, 0.25) is 0 Å². The number of hydrogen-bond acceptors (Lipinski definition) is 7. The van der Waals surface area contributed by atoms with Crippen molar-refractivity contribution in [3.05, 3.63) is 70.7 Å². The number of allylic oxidation sites excluding steroid dienone is 1.